The number of hydrogen-bond donors (Lipinski definition) is 1. The SMILES string of the molecule is CCn1nc(C)c2[nH]c(=S)n(C3CCS(=O)(=O)C3)c21. The molecule has 0 radical (unpaired) electrons. The number of H-pyrrole nitrogens is 1. The number of rotatable bonds is 2. The molecule has 2 aromatic rings. The summed E-state index contributed by atoms with van der Waals surface area (Å²) in [6.45, 7) is 4.67. The fraction of sp³-hybridized carbons (Fsp3) is 0.636. The van der Waals surface area contributed by atoms with E-state index in [9.17, 15) is 8.42 Å². The highest BCUT2D eigenvalue weighted by molar-refractivity contribution is 7.91. The molecule has 1 fully saturated rings. The molecule has 6 nitrogen and oxygen atoms in total. The Morgan fingerprint density at radius 1 is 1.53 bits per heavy atom. The maximum Gasteiger partial charge on any atom is 0.179 e. The van der Waals surface area contributed by atoms with Gasteiger partial charge in [-0.3, -0.25) is 4.57 Å². The standard InChI is InChI=1S/C11H16N4O2S2/c1-3-14-10-9(7(2)13-14)12-11(18)15(10)8-4-5-19(16,17)6-8/h8H,3-6H2,1-2H3,(H,12,18). The summed E-state index contributed by atoms with van der Waals surface area (Å²) in [4.78, 5) is 3.15. The molecular formula is C11H16N4O2S2. The second kappa shape index (κ2) is 4.17. The summed E-state index contributed by atoms with van der Waals surface area (Å²) in [6.07, 6.45) is 0.623. The van der Waals surface area contributed by atoms with Crippen molar-refractivity contribution in [1.82, 2.24) is 19.3 Å². The van der Waals surface area contributed by atoms with Crippen LogP contribution in [0.2, 0.25) is 0 Å². The summed E-state index contributed by atoms with van der Waals surface area (Å²) in [5.41, 5.74) is 2.71. The summed E-state index contributed by atoms with van der Waals surface area (Å²) in [6, 6.07) is -0.0763. The minimum atomic E-state index is -2.93. The van der Waals surface area contributed by atoms with Crippen molar-refractivity contribution in [2.45, 2.75) is 32.9 Å². The Balaban J connectivity index is 2.23. The van der Waals surface area contributed by atoms with E-state index in [1.165, 1.54) is 0 Å². The molecule has 104 valence electrons. The Bertz CT molecular complexity index is 797. The molecule has 3 rings (SSSR count). The van der Waals surface area contributed by atoms with Gasteiger partial charge >= 0.3 is 0 Å². The molecule has 0 spiro atoms. The zero-order valence-corrected chi connectivity index (χ0v) is 12.5. The first-order chi connectivity index (χ1) is 8.93. The van der Waals surface area contributed by atoms with Crippen molar-refractivity contribution in [2.75, 3.05) is 11.5 Å². The highest BCUT2D eigenvalue weighted by Gasteiger charge is 2.31. The van der Waals surface area contributed by atoms with E-state index >= 15 is 0 Å². The Labute approximate surface area is 116 Å². The van der Waals surface area contributed by atoms with Gasteiger partial charge < -0.3 is 4.98 Å². The van der Waals surface area contributed by atoms with Gasteiger partial charge in [-0.25, -0.2) is 13.1 Å². The quantitative estimate of drug-likeness (QED) is 0.855. The van der Waals surface area contributed by atoms with Gasteiger partial charge in [-0.1, -0.05) is 0 Å². The van der Waals surface area contributed by atoms with E-state index < -0.39 is 9.84 Å². The van der Waals surface area contributed by atoms with E-state index in [0.29, 0.717) is 11.2 Å². The molecule has 0 amide bonds. The maximum absolute atomic E-state index is 11.7. The van der Waals surface area contributed by atoms with Crippen molar-refractivity contribution in [1.29, 1.82) is 0 Å². The summed E-state index contributed by atoms with van der Waals surface area (Å²) >= 11 is 5.36. The molecule has 3 heterocycles. The molecule has 1 aliphatic rings. The van der Waals surface area contributed by atoms with E-state index in [0.717, 1.165) is 23.4 Å². The summed E-state index contributed by atoms with van der Waals surface area (Å²) in [7, 11) is -2.93. The maximum atomic E-state index is 11.7. The van der Waals surface area contributed by atoms with Crippen LogP contribution in [-0.2, 0) is 16.4 Å². The summed E-state index contributed by atoms with van der Waals surface area (Å²) in [5.74, 6) is 0.410. The third-order valence-electron chi connectivity index (χ3n) is 3.65. The molecule has 8 heteroatoms. The number of imidazole rings is 1. The molecule has 19 heavy (non-hydrogen) atoms. The number of sulfone groups is 1. The number of hydrogen-bond acceptors (Lipinski definition) is 4. The highest BCUT2D eigenvalue weighted by atomic mass is 32.2. The van der Waals surface area contributed by atoms with Gasteiger partial charge in [0.15, 0.2) is 20.3 Å². The molecule has 1 aliphatic heterocycles. The van der Waals surface area contributed by atoms with Crippen LogP contribution in [0.3, 0.4) is 0 Å². The normalized spacial score (nSPS) is 22.3. The van der Waals surface area contributed by atoms with Crippen LogP contribution in [-0.4, -0.2) is 39.3 Å². The Morgan fingerprint density at radius 3 is 2.84 bits per heavy atom. The lowest BCUT2D eigenvalue weighted by molar-refractivity contribution is 0.540. The Kier molecular flexibility index (Phi) is 2.82. The molecule has 0 aromatic carbocycles. The molecule has 1 atom stereocenters. The molecule has 1 unspecified atom stereocenters. The van der Waals surface area contributed by atoms with Gasteiger partial charge in [-0.15, -0.1) is 0 Å². The fourth-order valence-electron chi connectivity index (χ4n) is 2.76. The Hall–Kier alpha value is -1.15. The van der Waals surface area contributed by atoms with Crippen molar-refractivity contribution < 1.29 is 8.42 Å². The van der Waals surface area contributed by atoms with Crippen molar-refractivity contribution in [3.8, 4) is 0 Å². The third-order valence-corrected chi connectivity index (χ3v) is 5.70. The molecule has 1 N–H and O–H groups in total. The van der Waals surface area contributed by atoms with Gasteiger partial charge in [0.25, 0.3) is 0 Å². The van der Waals surface area contributed by atoms with E-state index in [1.54, 1.807) is 0 Å². The lowest BCUT2D eigenvalue weighted by atomic mass is 10.2. The van der Waals surface area contributed by atoms with Gasteiger partial charge in [0.2, 0.25) is 0 Å². The summed E-state index contributed by atoms with van der Waals surface area (Å²) < 4.78 is 27.7. The third kappa shape index (κ3) is 1.93. The van der Waals surface area contributed by atoms with Crippen molar-refractivity contribution >= 4 is 33.2 Å². The minimum Gasteiger partial charge on any atom is -0.328 e. The number of aryl methyl sites for hydroxylation is 2. The lowest BCUT2D eigenvalue weighted by Gasteiger charge is -2.11. The number of nitrogens with zero attached hydrogens (tertiary/aromatic N) is 3. The number of aromatic nitrogens is 4. The zero-order valence-electron chi connectivity index (χ0n) is 10.9. The van der Waals surface area contributed by atoms with Crippen molar-refractivity contribution in [2.24, 2.45) is 0 Å². The molecule has 0 aliphatic carbocycles. The molecule has 0 saturated carbocycles. The predicted octanol–water partition coefficient (Wildman–Crippen LogP) is 1.58. The average molecular weight is 300 g/mol. The van der Waals surface area contributed by atoms with E-state index in [1.807, 2.05) is 23.1 Å². The van der Waals surface area contributed by atoms with Crippen LogP contribution in [0.1, 0.15) is 25.1 Å². The topological polar surface area (TPSA) is 72.7 Å². The largest absolute Gasteiger partial charge is 0.328 e. The van der Waals surface area contributed by atoms with Crippen LogP contribution >= 0.6 is 12.2 Å². The lowest BCUT2D eigenvalue weighted by Crippen LogP contribution is -2.13. The number of nitrogens with one attached hydrogen (secondary N) is 1. The first kappa shape index (κ1) is 12.9. The minimum absolute atomic E-state index is 0.0763. The monoisotopic (exact) mass is 300 g/mol. The van der Waals surface area contributed by atoms with Gasteiger partial charge in [0.05, 0.1) is 23.2 Å². The van der Waals surface area contributed by atoms with Gasteiger partial charge in [0.1, 0.15) is 5.52 Å². The van der Waals surface area contributed by atoms with E-state index in [4.69, 9.17) is 12.2 Å². The smallest absolute Gasteiger partial charge is 0.179 e. The highest BCUT2D eigenvalue weighted by Crippen LogP contribution is 2.29. The van der Waals surface area contributed by atoms with Crippen molar-refractivity contribution in [3.63, 3.8) is 0 Å². The molecular weight excluding hydrogens is 284 g/mol. The molecule has 0 bridgehead atoms. The van der Waals surface area contributed by atoms with Crippen LogP contribution in [0.15, 0.2) is 0 Å². The molecule has 1 saturated heterocycles. The number of fused-ring (bicyclic) bond motifs is 1. The van der Waals surface area contributed by atoms with Crippen LogP contribution < -0.4 is 0 Å². The van der Waals surface area contributed by atoms with E-state index in [-0.39, 0.29) is 17.5 Å². The van der Waals surface area contributed by atoms with E-state index in [2.05, 4.69) is 10.1 Å². The zero-order chi connectivity index (χ0) is 13.8. The second-order valence-electron chi connectivity index (χ2n) is 4.96. The first-order valence-corrected chi connectivity index (χ1v) is 8.54. The van der Waals surface area contributed by atoms with Crippen LogP contribution in [0, 0.1) is 11.7 Å². The fourth-order valence-corrected chi connectivity index (χ4v) is 4.80. The predicted molar refractivity (Wildman–Crippen MR) is 75.6 cm³/mol. The van der Waals surface area contributed by atoms with Crippen LogP contribution in [0.5, 0.6) is 0 Å². The van der Waals surface area contributed by atoms with Gasteiger partial charge in [0, 0.05) is 6.54 Å². The second-order valence-corrected chi connectivity index (χ2v) is 7.57. The van der Waals surface area contributed by atoms with Gasteiger partial charge in [-0.2, -0.15) is 5.10 Å². The average Bonchev–Trinajstić information content (AvgIpc) is 2.94. The summed E-state index contributed by atoms with van der Waals surface area (Å²) in [5, 5.41) is 4.45. The first-order valence-electron chi connectivity index (χ1n) is 6.31. The molecule has 2 aromatic heterocycles. The van der Waals surface area contributed by atoms with Crippen LogP contribution in [0.25, 0.3) is 11.2 Å². The van der Waals surface area contributed by atoms with Crippen LogP contribution in [0.4, 0.5) is 0 Å². The number of aromatic amines is 1. The Morgan fingerprint density at radius 2 is 2.26 bits per heavy atom. The van der Waals surface area contributed by atoms with Crippen molar-refractivity contribution in [3.05, 3.63) is 10.5 Å². The van der Waals surface area contributed by atoms with Gasteiger partial charge in [-0.05, 0) is 32.5 Å².